The van der Waals surface area contributed by atoms with Gasteiger partial charge in [-0.05, 0) is 29.5 Å². The summed E-state index contributed by atoms with van der Waals surface area (Å²) in [5.74, 6) is 0.188. The molecule has 1 aliphatic carbocycles. The molecular formula is C12H9NO. The molecule has 0 unspecified atom stereocenters. The van der Waals surface area contributed by atoms with E-state index in [1.165, 1.54) is 10.7 Å². The molecule has 0 aromatic carbocycles. The molecular weight excluding hydrogens is 174 g/mol. The first-order valence-corrected chi connectivity index (χ1v) is 4.65. The van der Waals surface area contributed by atoms with Gasteiger partial charge < -0.3 is 4.40 Å². The Morgan fingerprint density at radius 3 is 3.07 bits per heavy atom. The number of ketones is 1. The van der Waals surface area contributed by atoms with Gasteiger partial charge in [0, 0.05) is 24.0 Å². The fraction of sp³-hybridized carbons (Fsp3) is 0.0833. The number of aromatic nitrogens is 1. The van der Waals surface area contributed by atoms with Gasteiger partial charge in [0.1, 0.15) is 0 Å². The smallest absolute Gasteiger partial charge is 0.160 e. The van der Waals surface area contributed by atoms with Gasteiger partial charge in [-0.2, -0.15) is 0 Å². The van der Waals surface area contributed by atoms with Crippen LogP contribution in [0.4, 0.5) is 0 Å². The lowest BCUT2D eigenvalue weighted by atomic mass is 10.1. The molecule has 2 heterocycles. The van der Waals surface area contributed by atoms with Crippen molar-refractivity contribution in [3.63, 3.8) is 0 Å². The average molecular weight is 183 g/mol. The molecule has 14 heavy (non-hydrogen) atoms. The van der Waals surface area contributed by atoms with Crippen LogP contribution in [-0.4, -0.2) is 10.2 Å². The second-order valence-corrected chi connectivity index (χ2v) is 3.50. The van der Waals surface area contributed by atoms with Gasteiger partial charge in [0.2, 0.25) is 0 Å². The second kappa shape index (κ2) is 2.58. The van der Waals surface area contributed by atoms with Gasteiger partial charge in [-0.15, -0.1) is 0 Å². The monoisotopic (exact) mass is 183 g/mol. The number of hydrogen-bond acceptors (Lipinski definition) is 1. The van der Waals surface area contributed by atoms with Crippen LogP contribution < -0.4 is 10.4 Å². The summed E-state index contributed by atoms with van der Waals surface area (Å²) in [6.45, 7) is 0. The normalized spacial score (nSPS) is 14.7. The Kier molecular flexibility index (Phi) is 1.39. The average Bonchev–Trinajstić information content (AvgIpc) is 2.65. The maximum atomic E-state index is 11.2. The summed E-state index contributed by atoms with van der Waals surface area (Å²) < 4.78 is 2.07. The molecule has 0 saturated carbocycles. The number of carbonyl (C=O) groups is 1. The molecule has 68 valence electrons. The summed E-state index contributed by atoms with van der Waals surface area (Å²) in [4.78, 5) is 11.2. The predicted octanol–water partition coefficient (Wildman–Crippen LogP) is 0.473. The van der Waals surface area contributed by atoms with Gasteiger partial charge in [0.15, 0.2) is 5.78 Å². The number of fused-ring (bicyclic) bond motifs is 3. The van der Waals surface area contributed by atoms with Gasteiger partial charge in [0.05, 0.1) is 5.52 Å². The highest BCUT2D eigenvalue weighted by atomic mass is 16.1. The van der Waals surface area contributed by atoms with Gasteiger partial charge >= 0.3 is 0 Å². The van der Waals surface area contributed by atoms with E-state index < -0.39 is 0 Å². The number of Topliss-reactive ketones (excluding diaryl/α,β-unsaturated/α-hetero) is 1. The molecule has 0 spiro atoms. The third-order valence-corrected chi connectivity index (χ3v) is 2.60. The molecule has 2 aromatic rings. The van der Waals surface area contributed by atoms with Crippen molar-refractivity contribution in [2.45, 2.75) is 6.42 Å². The fourth-order valence-corrected chi connectivity index (χ4v) is 1.93. The van der Waals surface area contributed by atoms with E-state index >= 15 is 0 Å². The first-order chi connectivity index (χ1) is 6.84. The lowest BCUT2D eigenvalue weighted by Gasteiger charge is -2.01. The van der Waals surface area contributed by atoms with E-state index in [1.807, 2.05) is 30.6 Å². The first-order valence-electron chi connectivity index (χ1n) is 4.65. The first kappa shape index (κ1) is 7.56. The highest BCUT2D eigenvalue weighted by Gasteiger charge is 2.03. The van der Waals surface area contributed by atoms with Crippen LogP contribution in [0.25, 0.3) is 17.7 Å². The van der Waals surface area contributed by atoms with Crippen molar-refractivity contribution < 1.29 is 4.79 Å². The fourth-order valence-electron chi connectivity index (χ4n) is 1.93. The Morgan fingerprint density at radius 1 is 1.21 bits per heavy atom. The van der Waals surface area contributed by atoms with Crippen molar-refractivity contribution in [3.8, 4) is 0 Å². The molecule has 0 atom stereocenters. The Bertz CT molecular complexity index is 634. The van der Waals surface area contributed by atoms with Gasteiger partial charge in [-0.3, -0.25) is 4.79 Å². The Labute approximate surface area is 80.8 Å². The van der Waals surface area contributed by atoms with Crippen molar-refractivity contribution in [1.29, 1.82) is 0 Å². The van der Waals surface area contributed by atoms with Crippen LogP contribution in [0, 0.1) is 0 Å². The van der Waals surface area contributed by atoms with E-state index in [0.29, 0.717) is 6.42 Å². The minimum absolute atomic E-state index is 0.188. The lowest BCUT2D eigenvalue weighted by molar-refractivity contribution is -0.112. The molecule has 0 N–H and O–H groups in total. The summed E-state index contributed by atoms with van der Waals surface area (Å²) >= 11 is 0. The molecule has 2 aromatic heterocycles. The molecule has 1 aliphatic rings. The van der Waals surface area contributed by atoms with Gasteiger partial charge in [0.25, 0.3) is 0 Å². The van der Waals surface area contributed by atoms with E-state index in [0.717, 1.165) is 5.22 Å². The molecule has 0 bridgehead atoms. The van der Waals surface area contributed by atoms with E-state index in [9.17, 15) is 4.79 Å². The van der Waals surface area contributed by atoms with Crippen LogP contribution in [0.15, 0.2) is 30.6 Å². The minimum Gasteiger partial charge on any atom is -0.323 e. The molecule has 0 radical (unpaired) electrons. The Morgan fingerprint density at radius 2 is 2.14 bits per heavy atom. The standard InChI is InChI=1S/C12H9NO/c14-10-3-4-11-9(8-10)5-7-13-6-1-2-12(11)13/h1-2,4-8H,3H2. The molecule has 0 saturated heterocycles. The Hall–Kier alpha value is -1.83. The zero-order chi connectivity index (χ0) is 9.54. The van der Waals surface area contributed by atoms with E-state index in [-0.39, 0.29) is 5.78 Å². The van der Waals surface area contributed by atoms with Gasteiger partial charge in [-0.1, -0.05) is 6.08 Å². The van der Waals surface area contributed by atoms with Crippen LogP contribution in [0.2, 0.25) is 0 Å². The topological polar surface area (TPSA) is 21.5 Å². The number of nitrogens with zero attached hydrogens (tertiary/aromatic N) is 1. The highest BCUT2D eigenvalue weighted by Crippen LogP contribution is 1.98. The summed E-state index contributed by atoms with van der Waals surface area (Å²) in [6.07, 6.45) is 8.25. The minimum atomic E-state index is 0.188. The third kappa shape index (κ3) is 0.940. The largest absolute Gasteiger partial charge is 0.323 e. The summed E-state index contributed by atoms with van der Waals surface area (Å²) in [5.41, 5.74) is 1.17. The molecule has 2 nitrogen and oxygen atoms in total. The molecule has 0 fully saturated rings. The number of rotatable bonds is 0. The highest BCUT2D eigenvalue weighted by molar-refractivity contribution is 6.09. The lowest BCUT2D eigenvalue weighted by Crippen LogP contribution is -2.30. The van der Waals surface area contributed by atoms with E-state index in [4.69, 9.17) is 0 Å². The van der Waals surface area contributed by atoms with Crippen LogP contribution in [0.5, 0.6) is 0 Å². The third-order valence-electron chi connectivity index (χ3n) is 2.60. The van der Waals surface area contributed by atoms with Crippen molar-refractivity contribution in [3.05, 3.63) is 41.0 Å². The summed E-state index contributed by atoms with van der Waals surface area (Å²) in [6, 6.07) is 6.06. The Balaban J connectivity index is 2.59. The molecule has 2 heteroatoms. The van der Waals surface area contributed by atoms with Crippen molar-refractivity contribution >= 4 is 23.5 Å². The maximum Gasteiger partial charge on any atom is 0.160 e. The van der Waals surface area contributed by atoms with E-state index in [2.05, 4.69) is 10.5 Å². The quantitative estimate of drug-likeness (QED) is 0.582. The second-order valence-electron chi connectivity index (χ2n) is 3.50. The molecule has 0 amide bonds. The number of pyridine rings is 1. The zero-order valence-corrected chi connectivity index (χ0v) is 7.60. The van der Waals surface area contributed by atoms with Crippen molar-refractivity contribution in [1.82, 2.24) is 4.40 Å². The van der Waals surface area contributed by atoms with Crippen molar-refractivity contribution in [2.24, 2.45) is 0 Å². The van der Waals surface area contributed by atoms with Crippen LogP contribution in [-0.2, 0) is 4.79 Å². The molecule has 3 rings (SSSR count). The van der Waals surface area contributed by atoms with Gasteiger partial charge in [-0.25, -0.2) is 0 Å². The molecule has 0 aliphatic heterocycles. The number of hydrogen-bond donors (Lipinski definition) is 0. The SMILES string of the molecule is O=C1C=c2ccn3cccc3c2=CC1. The summed E-state index contributed by atoms with van der Waals surface area (Å²) in [5, 5.41) is 2.21. The van der Waals surface area contributed by atoms with Crippen LogP contribution >= 0.6 is 0 Å². The van der Waals surface area contributed by atoms with Crippen LogP contribution in [0.1, 0.15) is 6.42 Å². The predicted molar refractivity (Wildman–Crippen MR) is 55.2 cm³/mol. The number of carbonyl (C=O) groups excluding carboxylic acids is 1. The zero-order valence-electron chi connectivity index (χ0n) is 7.60. The summed E-state index contributed by atoms with van der Waals surface area (Å²) in [7, 11) is 0. The van der Waals surface area contributed by atoms with Crippen LogP contribution in [0.3, 0.4) is 0 Å². The maximum absolute atomic E-state index is 11.2. The van der Waals surface area contributed by atoms with E-state index in [1.54, 1.807) is 6.08 Å². The van der Waals surface area contributed by atoms with Crippen molar-refractivity contribution in [2.75, 3.05) is 0 Å².